The number of aryl methyl sites for hydroxylation is 2. The smallest absolute Gasteiger partial charge is 0.260 e. The first-order chi connectivity index (χ1) is 71.0. The third-order valence-corrected chi connectivity index (χ3v) is 30.0. The van der Waals surface area contributed by atoms with E-state index in [1.807, 2.05) is 368 Å². The van der Waals surface area contributed by atoms with Gasteiger partial charge in [-0.3, -0.25) is 47.9 Å². The molecular formula is C125H93N7O11S3. The highest BCUT2D eigenvalue weighted by atomic mass is 32.2. The van der Waals surface area contributed by atoms with Gasteiger partial charge in [0.1, 0.15) is 0 Å². The number of fused-ring (bicyclic) bond motifs is 13. The Labute approximate surface area is 855 Å². The Morgan fingerprint density at radius 1 is 0.384 bits per heavy atom. The maximum Gasteiger partial charge on any atom is 0.260 e. The molecule has 18 nitrogen and oxygen atoms in total. The Hall–Kier alpha value is -17.4. The van der Waals surface area contributed by atoms with E-state index < -0.39 is 0 Å². The number of carbonyl (C=O) groups is 8. The topological polar surface area (TPSA) is 245 Å². The van der Waals surface area contributed by atoms with Crippen molar-refractivity contribution in [3.05, 3.63) is 512 Å². The van der Waals surface area contributed by atoms with Gasteiger partial charge in [0.2, 0.25) is 5.88 Å². The summed E-state index contributed by atoms with van der Waals surface area (Å²) in [5.41, 5.74) is 28.2. The van der Waals surface area contributed by atoms with Crippen LogP contribution in [0.5, 0.6) is 5.75 Å². The minimum atomic E-state index is -0.182. The number of nitrogens with one attached hydrogen (secondary N) is 4. The first-order valence-corrected chi connectivity index (χ1v) is 50.2. The predicted octanol–water partition coefficient (Wildman–Crippen LogP) is 24.3. The zero-order valence-electron chi connectivity index (χ0n) is 80.2. The second-order valence-electron chi connectivity index (χ2n) is 36.5. The average Bonchev–Trinajstić information content (AvgIpc) is 1.46. The quantitative estimate of drug-likeness (QED) is 0.0596. The van der Waals surface area contributed by atoms with Crippen LogP contribution in [-0.2, 0) is 36.8 Å². The number of amides is 3. The van der Waals surface area contributed by atoms with Crippen LogP contribution in [0.15, 0.2) is 417 Å². The van der Waals surface area contributed by atoms with E-state index in [4.69, 9.17) is 17.0 Å². The van der Waals surface area contributed by atoms with Crippen LogP contribution in [0.1, 0.15) is 130 Å². The number of hydrogen-bond donors (Lipinski definition) is 4. The van der Waals surface area contributed by atoms with Gasteiger partial charge in [0.05, 0.1) is 76.8 Å². The summed E-state index contributed by atoms with van der Waals surface area (Å²) in [6.45, 7) is 14.2. The Kier molecular flexibility index (Phi) is 26.1. The van der Waals surface area contributed by atoms with E-state index in [2.05, 4.69) is 56.0 Å². The number of pyridine rings is 2. The molecule has 0 saturated carbocycles. The molecule has 21 heteroatoms. The number of thioether (sulfide) groups is 2. The lowest BCUT2D eigenvalue weighted by Gasteiger charge is -2.27. The van der Waals surface area contributed by atoms with Gasteiger partial charge in [0, 0.05) is 110 Å². The van der Waals surface area contributed by atoms with Gasteiger partial charge in [0.25, 0.3) is 17.7 Å². The Morgan fingerprint density at radius 2 is 0.849 bits per heavy atom. The number of allylic oxidation sites excluding steroid dienone is 8. The van der Waals surface area contributed by atoms with E-state index in [0.717, 1.165) is 150 Å². The van der Waals surface area contributed by atoms with E-state index in [-0.39, 0.29) is 63.9 Å². The summed E-state index contributed by atoms with van der Waals surface area (Å²) in [6, 6.07) is 105. The highest BCUT2D eigenvalue weighted by Crippen LogP contribution is 2.48. The van der Waals surface area contributed by atoms with Crippen LogP contribution in [0.2, 0.25) is 0 Å². The first-order valence-electron chi connectivity index (χ1n) is 48.1. The molecule has 146 heavy (non-hydrogen) atoms. The van der Waals surface area contributed by atoms with Gasteiger partial charge < -0.3 is 40.0 Å². The van der Waals surface area contributed by atoms with Gasteiger partial charge in [-0.25, -0.2) is 0 Å². The molecule has 0 bridgehead atoms. The van der Waals surface area contributed by atoms with Crippen molar-refractivity contribution in [2.45, 2.75) is 58.3 Å². The second-order valence-corrected chi connectivity index (χ2v) is 39.5. The maximum atomic E-state index is 13.4. The van der Waals surface area contributed by atoms with Gasteiger partial charge in [-0.2, -0.15) is 0 Å². The summed E-state index contributed by atoms with van der Waals surface area (Å²) in [4.78, 5) is 141. The van der Waals surface area contributed by atoms with E-state index in [1.165, 1.54) is 22.3 Å². The third kappa shape index (κ3) is 18.2. The number of aromatic nitrogens is 2. The SMILES string of the molecule is C=C1/C(=C\C=C2/Sc3ccccc3N2C)C(=O)c2ccccc21.CCN1CC(=S)S/C(=C/C=C2\Oc3ccccc3N2CC)C1=O.Cc1ccc(C2=C3C(=O)NC(c4ccc(C)cc4)=C3C(=O)C2)cc1.O=C1CC(c2ccccc2)=C2C(=O)NC(c3ccccc3)=C12.O=C1c2ccccc2Cc2cc3c(=O)c4cc(-c5ccccc5)ccc4[nH]c3cc21.O=C1c2ccccc2Cc2cc3c(=O)c4ccccc4[nH]c3cc21. The van der Waals surface area contributed by atoms with Crippen molar-refractivity contribution in [3.63, 3.8) is 0 Å². The zero-order chi connectivity index (χ0) is 101. The van der Waals surface area contributed by atoms with Gasteiger partial charge in [-0.1, -0.05) is 308 Å². The molecule has 0 spiro atoms. The molecule has 0 radical (unpaired) electrons. The normalized spacial score (nSPS) is 16.5. The molecule has 1 fully saturated rings. The maximum absolute atomic E-state index is 13.4. The third-order valence-electron chi connectivity index (χ3n) is 27.5. The lowest BCUT2D eigenvalue weighted by Crippen LogP contribution is -2.38. The molecule has 2 aromatic heterocycles. The number of H-pyrrole nitrogens is 2. The van der Waals surface area contributed by atoms with Gasteiger partial charge in [-0.15, -0.1) is 0 Å². The number of rotatable bonds is 9. The fourth-order valence-electron chi connectivity index (χ4n) is 20.1. The molecular weight excluding hydrogens is 1870 g/mol. The molecule has 16 aromatic rings. The number of hydrogen-bond acceptors (Lipinski definition) is 16. The number of likely N-dealkylation sites (N-methyl/N-ethyl adjacent to an activating group) is 1. The summed E-state index contributed by atoms with van der Waals surface area (Å²) in [5, 5.41) is 9.46. The second kappa shape index (κ2) is 40.2. The molecule has 3 amide bonds. The molecule has 5 aliphatic carbocycles. The lowest BCUT2D eigenvalue weighted by molar-refractivity contribution is -0.125. The van der Waals surface area contributed by atoms with Crippen molar-refractivity contribution < 1.29 is 43.1 Å². The molecule has 712 valence electrons. The van der Waals surface area contributed by atoms with Crippen molar-refractivity contribution >= 4 is 170 Å². The number of aromatic amines is 2. The van der Waals surface area contributed by atoms with Crippen LogP contribution in [0, 0.1) is 13.8 Å². The lowest BCUT2D eigenvalue weighted by atomic mass is 9.84. The number of ether oxygens (including phenoxy) is 1. The highest BCUT2D eigenvalue weighted by molar-refractivity contribution is 8.26. The van der Waals surface area contributed by atoms with Crippen LogP contribution in [0.3, 0.4) is 0 Å². The predicted molar refractivity (Wildman–Crippen MR) is 589 cm³/mol. The molecule has 26 rings (SSSR count). The van der Waals surface area contributed by atoms with Crippen molar-refractivity contribution in [1.29, 1.82) is 0 Å². The summed E-state index contributed by atoms with van der Waals surface area (Å²) in [5.74, 6) is 1.37. The average molecular weight is 1970 g/mol. The molecule has 4 N–H and O–H groups in total. The fourth-order valence-corrected chi connectivity index (χ4v) is 22.4. The monoisotopic (exact) mass is 1960 g/mol. The van der Waals surface area contributed by atoms with Gasteiger partial charge in [0.15, 0.2) is 45.5 Å². The molecule has 0 unspecified atom stereocenters. The first kappa shape index (κ1) is 94.8. The number of thiocarbonyl (C=S) groups is 1. The van der Waals surface area contributed by atoms with Crippen molar-refractivity contribution in [3.8, 4) is 16.9 Å². The van der Waals surface area contributed by atoms with Gasteiger partial charge in [-0.05, 0) is 209 Å². The number of benzene rings is 14. The number of carbonyl (C=O) groups excluding carboxylic acids is 8. The number of ketones is 5. The van der Waals surface area contributed by atoms with Crippen LogP contribution < -0.4 is 36.0 Å². The molecule has 5 aliphatic heterocycles. The summed E-state index contributed by atoms with van der Waals surface area (Å²) >= 11 is 8.38. The number of para-hydroxylation sites is 4. The number of anilines is 2. The largest absolute Gasteiger partial charge is 0.439 e. The van der Waals surface area contributed by atoms with Crippen LogP contribution in [0.4, 0.5) is 11.4 Å². The van der Waals surface area contributed by atoms with E-state index in [9.17, 15) is 47.9 Å². The zero-order valence-corrected chi connectivity index (χ0v) is 82.6. The van der Waals surface area contributed by atoms with E-state index in [1.54, 1.807) is 16.7 Å². The minimum Gasteiger partial charge on any atom is -0.439 e. The highest BCUT2D eigenvalue weighted by Gasteiger charge is 2.43. The Morgan fingerprint density at radius 3 is 1.42 bits per heavy atom. The van der Waals surface area contributed by atoms with E-state index >= 15 is 0 Å². The number of Topliss-reactive ketones (excluding diaryl/α,β-unsaturated/α-hetero) is 3. The number of nitrogens with zero attached hydrogens (tertiary/aromatic N) is 3. The summed E-state index contributed by atoms with van der Waals surface area (Å²) in [7, 11) is 2.04. The molecule has 10 aliphatic rings. The van der Waals surface area contributed by atoms with Crippen molar-refractivity contribution in [2.75, 3.05) is 36.5 Å². The van der Waals surface area contributed by atoms with Crippen LogP contribution in [0.25, 0.3) is 82.9 Å². The Bertz CT molecular complexity index is 8550. The van der Waals surface area contributed by atoms with Crippen LogP contribution in [-0.4, -0.2) is 92.4 Å². The fraction of sp³-hybridized carbons (Fsp3) is 0.0960. The molecule has 7 heterocycles. The standard InChI is InChI=1S/C27H17NO2.C21H13NO2.C21H17NO2.C20H15NOS.C19H13NO2.C17H18N2O2S2/c29-26-20-9-5-4-8-18(20)12-19-14-23-25(15-21(19)26)28-24-11-10-17(13-22(24)27(23)30)16-6-2-1-3-7-16;23-20-14-6-2-1-5-12(14)9-13-10-17-19(11-16(13)20)22-18-8-4-3-7-15(18)21(17)24;1-12-3-7-14(8-4-12)16-11-17(23)19-18(16)21(24)22-20(19)15-9-5-13(2)6-10-15;1-13-14-7-3-4-8-16(14)20(22)15(13)11-12-19-21(2)17-9-5-6-10-18(17)23-19;21-15-11-14(12-7-3-1-4-8-12)16-17(15)18(20-19(16)22)13-9-5-2-6-10-13;1-3-18-11-16(22)23-14(17(18)20)9-10-15-19(4-2)12-7-5-6-8-13(12)21-15/h1-11,13-15H,12H2,(H,28,30);1-8,10-11H,9H2,(H,22,24);3-10H,11H2,1-2H3,(H,22,24);3-12H,1H2,2H3;1-10H,11H2,(H,20,22);5-10H,3-4,11H2,1-2H3/b;;;15-11+,19-12-;;14-9+,15-10-. The molecule has 1 saturated heterocycles. The van der Waals surface area contributed by atoms with Gasteiger partial charge >= 0.3 is 0 Å². The minimum absolute atomic E-state index is 0.00561. The van der Waals surface area contributed by atoms with Crippen molar-refractivity contribution in [2.24, 2.45) is 0 Å². The summed E-state index contributed by atoms with van der Waals surface area (Å²) < 4.78 is 6.71. The molecule has 14 aromatic carbocycles. The Balaban J connectivity index is 0.000000103. The van der Waals surface area contributed by atoms with E-state index in [0.29, 0.717) is 120 Å². The van der Waals surface area contributed by atoms with Crippen LogP contribution >= 0.6 is 35.7 Å². The van der Waals surface area contributed by atoms with Crippen molar-refractivity contribution in [1.82, 2.24) is 25.5 Å². The summed E-state index contributed by atoms with van der Waals surface area (Å²) in [6.07, 6.45) is 9.49. The molecule has 0 atom stereocenters.